The van der Waals surface area contributed by atoms with Gasteiger partial charge in [0.05, 0.1) is 4.92 Å². The highest BCUT2D eigenvalue weighted by Crippen LogP contribution is 2.11. The van der Waals surface area contributed by atoms with Gasteiger partial charge in [0.25, 0.3) is 11.6 Å². The average Bonchev–Trinajstić information content (AvgIpc) is 2.37. The molecule has 0 aliphatic rings. The van der Waals surface area contributed by atoms with Gasteiger partial charge in [-0.15, -0.1) is 0 Å². The van der Waals surface area contributed by atoms with Gasteiger partial charge in [0.1, 0.15) is 0 Å². The highest BCUT2D eigenvalue weighted by atomic mass is 16.6. The van der Waals surface area contributed by atoms with Crippen LogP contribution in [0.2, 0.25) is 0 Å². The van der Waals surface area contributed by atoms with Crippen LogP contribution in [0.1, 0.15) is 23.7 Å². The number of rotatable bonds is 6. The van der Waals surface area contributed by atoms with Crippen molar-refractivity contribution in [2.75, 3.05) is 13.1 Å². The molecule has 0 bridgehead atoms. The lowest BCUT2D eigenvalue weighted by molar-refractivity contribution is -0.384. The second-order valence-electron chi connectivity index (χ2n) is 3.90. The van der Waals surface area contributed by atoms with Crippen LogP contribution in [0.3, 0.4) is 0 Å². The van der Waals surface area contributed by atoms with E-state index in [1.807, 2.05) is 0 Å². The molecule has 102 valence electrons. The standard InChI is InChI=1S/C12H15N3O4/c1-9(16)13-7-2-8-14-12(17)10-3-5-11(6-4-10)15(18)19/h3-6H,2,7-8H2,1H3,(H,13,16)(H,14,17). The first-order chi connectivity index (χ1) is 9.00. The lowest BCUT2D eigenvalue weighted by Gasteiger charge is -2.05. The molecule has 0 atom stereocenters. The summed E-state index contributed by atoms with van der Waals surface area (Å²) in [6.07, 6.45) is 0.623. The van der Waals surface area contributed by atoms with Crippen LogP contribution in [0.15, 0.2) is 24.3 Å². The quantitative estimate of drug-likeness (QED) is 0.452. The number of carbonyl (C=O) groups is 2. The zero-order chi connectivity index (χ0) is 14.3. The molecule has 2 N–H and O–H groups in total. The first kappa shape index (κ1) is 14.6. The molecule has 0 unspecified atom stereocenters. The number of nitro groups is 1. The second kappa shape index (κ2) is 7.10. The zero-order valence-electron chi connectivity index (χ0n) is 10.5. The third-order valence-corrected chi connectivity index (χ3v) is 2.35. The van der Waals surface area contributed by atoms with E-state index in [-0.39, 0.29) is 17.5 Å². The van der Waals surface area contributed by atoms with Crippen molar-refractivity contribution in [1.29, 1.82) is 0 Å². The van der Waals surface area contributed by atoms with Gasteiger partial charge < -0.3 is 10.6 Å². The molecule has 0 fully saturated rings. The SMILES string of the molecule is CC(=O)NCCCNC(=O)c1ccc([N+](=O)[O-])cc1. The first-order valence-corrected chi connectivity index (χ1v) is 5.78. The molecule has 7 nitrogen and oxygen atoms in total. The number of amides is 2. The summed E-state index contributed by atoms with van der Waals surface area (Å²) in [7, 11) is 0. The minimum absolute atomic E-state index is 0.0535. The van der Waals surface area contributed by atoms with E-state index in [4.69, 9.17) is 0 Å². The molecule has 0 spiro atoms. The third-order valence-electron chi connectivity index (χ3n) is 2.35. The lowest BCUT2D eigenvalue weighted by atomic mass is 10.2. The van der Waals surface area contributed by atoms with E-state index in [9.17, 15) is 19.7 Å². The van der Waals surface area contributed by atoms with Gasteiger partial charge in [-0.25, -0.2) is 0 Å². The van der Waals surface area contributed by atoms with Crippen molar-refractivity contribution in [3.05, 3.63) is 39.9 Å². The molecule has 2 amide bonds. The molecule has 0 aliphatic carbocycles. The van der Waals surface area contributed by atoms with Crippen molar-refractivity contribution in [2.45, 2.75) is 13.3 Å². The van der Waals surface area contributed by atoms with Crippen molar-refractivity contribution < 1.29 is 14.5 Å². The maximum atomic E-state index is 11.7. The fraction of sp³-hybridized carbons (Fsp3) is 0.333. The summed E-state index contributed by atoms with van der Waals surface area (Å²) >= 11 is 0. The number of nitrogens with zero attached hydrogens (tertiary/aromatic N) is 1. The third kappa shape index (κ3) is 5.15. The first-order valence-electron chi connectivity index (χ1n) is 5.78. The van der Waals surface area contributed by atoms with Crippen LogP contribution < -0.4 is 10.6 Å². The Hall–Kier alpha value is -2.44. The Bertz CT molecular complexity index is 470. The summed E-state index contributed by atoms with van der Waals surface area (Å²) < 4.78 is 0. The van der Waals surface area contributed by atoms with Crippen LogP contribution in [-0.4, -0.2) is 29.8 Å². The van der Waals surface area contributed by atoms with Gasteiger partial charge in [0, 0.05) is 37.7 Å². The average molecular weight is 265 g/mol. The summed E-state index contributed by atoms with van der Waals surface area (Å²) in [5.41, 5.74) is 0.312. The van der Waals surface area contributed by atoms with E-state index in [1.54, 1.807) is 0 Å². The van der Waals surface area contributed by atoms with E-state index in [1.165, 1.54) is 31.2 Å². The van der Waals surface area contributed by atoms with Crippen LogP contribution in [0.4, 0.5) is 5.69 Å². The summed E-state index contributed by atoms with van der Waals surface area (Å²) in [4.78, 5) is 32.2. The normalized spacial score (nSPS) is 9.74. The zero-order valence-corrected chi connectivity index (χ0v) is 10.5. The molecule has 0 radical (unpaired) electrons. The summed E-state index contributed by atoms with van der Waals surface area (Å²) in [6.45, 7) is 2.35. The number of benzene rings is 1. The molecule has 19 heavy (non-hydrogen) atoms. The van der Waals surface area contributed by atoms with Crippen LogP contribution in [0, 0.1) is 10.1 Å². The van der Waals surface area contributed by atoms with Gasteiger partial charge in [-0.2, -0.15) is 0 Å². The summed E-state index contributed by atoms with van der Waals surface area (Å²) in [6, 6.07) is 5.38. The van der Waals surface area contributed by atoms with Crippen LogP contribution in [-0.2, 0) is 4.79 Å². The molecular weight excluding hydrogens is 250 g/mol. The summed E-state index contributed by atoms with van der Waals surface area (Å²) in [5, 5.41) is 15.7. The van der Waals surface area contributed by atoms with E-state index < -0.39 is 4.92 Å². The van der Waals surface area contributed by atoms with Crippen molar-refractivity contribution >= 4 is 17.5 Å². The Balaban J connectivity index is 2.37. The Morgan fingerprint density at radius 2 is 1.74 bits per heavy atom. The maximum Gasteiger partial charge on any atom is 0.269 e. The minimum Gasteiger partial charge on any atom is -0.356 e. The van der Waals surface area contributed by atoms with E-state index in [0.29, 0.717) is 25.1 Å². The maximum absolute atomic E-state index is 11.7. The van der Waals surface area contributed by atoms with Gasteiger partial charge in [0.15, 0.2) is 0 Å². The molecular formula is C12H15N3O4. The van der Waals surface area contributed by atoms with E-state index in [2.05, 4.69) is 10.6 Å². The minimum atomic E-state index is -0.519. The number of hydrogen-bond acceptors (Lipinski definition) is 4. The highest BCUT2D eigenvalue weighted by molar-refractivity contribution is 5.94. The molecule has 0 heterocycles. The predicted molar refractivity (Wildman–Crippen MR) is 68.7 cm³/mol. The van der Waals surface area contributed by atoms with Crippen LogP contribution in [0.5, 0.6) is 0 Å². The Labute approximate surface area is 110 Å². The number of carbonyl (C=O) groups excluding carboxylic acids is 2. The Kier molecular flexibility index (Phi) is 5.46. The number of nitrogens with one attached hydrogen (secondary N) is 2. The predicted octanol–water partition coefficient (Wildman–Crippen LogP) is 0.851. The Morgan fingerprint density at radius 1 is 1.16 bits per heavy atom. The van der Waals surface area contributed by atoms with Crippen molar-refractivity contribution in [1.82, 2.24) is 10.6 Å². The van der Waals surface area contributed by atoms with E-state index in [0.717, 1.165) is 0 Å². The molecule has 1 rings (SSSR count). The molecule has 0 saturated heterocycles. The molecule has 7 heteroatoms. The van der Waals surface area contributed by atoms with Crippen LogP contribution in [0.25, 0.3) is 0 Å². The number of nitro benzene ring substituents is 1. The van der Waals surface area contributed by atoms with Gasteiger partial charge >= 0.3 is 0 Å². The topological polar surface area (TPSA) is 101 Å². The number of non-ortho nitro benzene ring substituents is 1. The van der Waals surface area contributed by atoms with Crippen molar-refractivity contribution in [3.8, 4) is 0 Å². The highest BCUT2D eigenvalue weighted by Gasteiger charge is 2.08. The molecule has 0 saturated carbocycles. The lowest BCUT2D eigenvalue weighted by Crippen LogP contribution is -2.28. The summed E-state index contributed by atoms with van der Waals surface area (Å²) in [5.74, 6) is -0.403. The monoisotopic (exact) mass is 265 g/mol. The second-order valence-corrected chi connectivity index (χ2v) is 3.90. The van der Waals surface area contributed by atoms with Crippen LogP contribution >= 0.6 is 0 Å². The van der Waals surface area contributed by atoms with Gasteiger partial charge in [-0.3, -0.25) is 19.7 Å². The van der Waals surface area contributed by atoms with Crippen molar-refractivity contribution in [2.24, 2.45) is 0 Å². The van der Waals surface area contributed by atoms with Gasteiger partial charge in [-0.1, -0.05) is 0 Å². The fourth-order valence-electron chi connectivity index (χ4n) is 1.39. The molecule has 1 aromatic carbocycles. The molecule has 0 aromatic heterocycles. The molecule has 0 aliphatic heterocycles. The Morgan fingerprint density at radius 3 is 2.26 bits per heavy atom. The smallest absolute Gasteiger partial charge is 0.269 e. The van der Waals surface area contributed by atoms with Gasteiger partial charge in [-0.05, 0) is 18.6 Å². The largest absolute Gasteiger partial charge is 0.356 e. The van der Waals surface area contributed by atoms with E-state index >= 15 is 0 Å². The fourth-order valence-corrected chi connectivity index (χ4v) is 1.39. The van der Waals surface area contributed by atoms with Crippen molar-refractivity contribution in [3.63, 3.8) is 0 Å². The molecule has 1 aromatic rings. The number of hydrogen-bond donors (Lipinski definition) is 2. The van der Waals surface area contributed by atoms with Gasteiger partial charge in [0.2, 0.25) is 5.91 Å².